The van der Waals surface area contributed by atoms with Crippen LogP contribution in [0.3, 0.4) is 0 Å². The molecule has 0 spiro atoms. The van der Waals surface area contributed by atoms with Crippen LogP contribution < -0.4 is 5.73 Å². The molecule has 4 heteroatoms. The standard InChI is InChI=1S/C11H14FN3/c1-2-15-10-7-8(12)3-4-9(10)14-11(15)5-6-13/h3-4,7H,2,5-6,13H2,1H3. The number of rotatable bonds is 3. The molecule has 0 aliphatic heterocycles. The summed E-state index contributed by atoms with van der Waals surface area (Å²) in [5, 5.41) is 0. The van der Waals surface area contributed by atoms with E-state index in [4.69, 9.17) is 5.73 Å². The van der Waals surface area contributed by atoms with Crippen molar-refractivity contribution in [3.05, 3.63) is 29.8 Å². The molecule has 0 fully saturated rings. The number of nitrogens with zero attached hydrogens (tertiary/aromatic N) is 2. The first kappa shape index (κ1) is 10.1. The van der Waals surface area contributed by atoms with E-state index in [1.165, 1.54) is 12.1 Å². The van der Waals surface area contributed by atoms with Gasteiger partial charge in [-0.2, -0.15) is 0 Å². The second-order valence-electron chi connectivity index (χ2n) is 3.44. The summed E-state index contributed by atoms with van der Waals surface area (Å²) < 4.78 is 15.1. The Kier molecular flexibility index (Phi) is 2.68. The fourth-order valence-electron chi connectivity index (χ4n) is 1.82. The van der Waals surface area contributed by atoms with Gasteiger partial charge in [-0.3, -0.25) is 0 Å². The number of hydrogen-bond donors (Lipinski definition) is 1. The molecule has 2 aromatic rings. The third-order valence-electron chi connectivity index (χ3n) is 2.47. The van der Waals surface area contributed by atoms with Crippen molar-refractivity contribution in [2.45, 2.75) is 19.9 Å². The van der Waals surface area contributed by atoms with Crippen molar-refractivity contribution in [3.63, 3.8) is 0 Å². The Balaban J connectivity index is 2.63. The Hall–Kier alpha value is -1.42. The summed E-state index contributed by atoms with van der Waals surface area (Å²) in [7, 11) is 0. The zero-order valence-electron chi connectivity index (χ0n) is 8.70. The van der Waals surface area contributed by atoms with Gasteiger partial charge in [0.1, 0.15) is 11.6 Å². The molecular weight excluding hydrogens is 193 g/mol. The van der Waals surface area contributed by atoms with Gasteiger partial charge in [0.05, 0.1) is 11.0 Å². The van der Waals surface area contributed by atoms with Crippen molar-refractivity contribution < 1.29 is 4.39 Å². The highest BCUT2D eigenvalue weighted by atomic mass is 19.1. The van der Waals surface area contributed by atoms with Gasteiger partial charge in [-0.05, 0) is 31.7 Å². The van der Waals surface area contributed by atoms with Crippen molar-refractivity contribution >= 4 is 11.0 Å². The van der Waals surface area contributed by atoms with E-state index in [9.17, 15) is 4.39 Å². The molecule has 0 bridgehead atoms. The second kappa shape index (κ2) is 3.98. The molecule has 1 heterocycles. The summed E-state index contributed by atoms with van der Waals surface area (Å²) in [5.41, 5.74) is 7.19. The van der Waals surface area contributed by atoms with E-state index in [1.54, 1.807) is 6.07 Å². The van der Waals surface area contributed by atoms with Gasteiger partial charge >= 0.3 is 0 Å². The van der Waals surface area contributed by atoms with E-state index >= 15 is 0 Å². The van der Waals surface area contributed by atoms with Gasteiger partial charge in [-0.15, -0.1) is 0 Å². The van der Waals surface area contributed by atoms with Gasteiger partial charge in [0.2, 0.25) is 0 Å². The summed E-state index contributed by atoms with van der Waals surface area (Å²) in [5.74, 6) is 0.706. The molecule has 3 nitrogen and oxygen atoms in total. The average molecular weight is 207 g/mol. The molecule has 0 amide bonds. The number of aryl methyl sites for hydroxylation is 1. The number of nitrogens with two attached hydrogens (primary N) is 1. The molecule has 0 aliphatic carbocycles. The fourth-order valence-corrected chi connectivity index (χ4v) is 1.82. The number of aromatic nitrogens is 2. The lowest BCUT2D eigenvalue weighted by atomic mass is 10.3. The van der Waals surface area contributed by atoms with Crippen LogP contribution in [0.15, 0.2) is 18.2 Å². The van der Waals surface area contributed by atoms with Gasteiger partial charge in [0, 0.05) is 13.0 Å². The topological polar surface area (TPSA) is 43.8 Å². The molecule has 0 saturated heterocycles. The smallest absolute Gasteiger partial charge is 0.125 e. The molecule has 0 atom stereocenters. The molecular formula is C11H14FN3. The summed E-state index contributed by atoms with van der Waals surface area (Å²) >= 11 is 0. The van der Waals surface area contributed by atoms with Crippen LogP contribution in [0, 0.1) is 5.82 Å². The lowest BCUT2D eigenvalue weighted by molar-refractivity contribution is 0.627. The minimum atomic E-state index is -0.226. The van der Waals surface area contributed by atoms with Crippen molar-refractivity contribution in [3.8, 4) is 0 Å². The van der Waals surface area contributed by atoms with Gasteiger partial charge < -0.3 is 10.3 Å². The van der Waals surface area contributed by atoms with E-state index < -0.39 is 0 Å². The first-order valence-corrected chi connectivity index (χ1v) is 5.11. The molecule has 2 rings (SSSR count). The van der Waals surface area contributed by atoms with E-state index in [0.717, 1.165) is 29.8 Å². The summed E-state index contributed by atoms with van der Waals surface area (Å²) in [6.07, 6.45) is 0.726. The molecule has 2 N–H and O–H groups in total. The predicted molar refractivity (Wildman–Crippen MR) is 58.1 cm³/mol. The summed E-state index contributed by atoms with van der Waals surface area (Å²) in [4.78, 5) is 4.43. The number of fused-ring (bicyclic) bond motifs is 1. The van der Waals surface area contributed by atoms with Crippen LogP contribution in [0.1, 0.15) is 12.7 Å². The van der Waals surface area contributed by atoms with Gasteiger partial charge in [0.25, 0.3) is 0 Å². The fraction of sp³-hybridized carbons (Fsp3) is 0.364. The highest BCUT2D eigenvalue weighted by Gasteiger charge is 2.08. The lowest BCUT2D eigenvalue weighted by Gasteiger charge is -2.04. The van der Waals surface area contributed by atoms with E-state index in [-0.39, 0.29) is 5.82 Å². The van der Waals surface area contributed by atoms with Crippen molar-refractivity contribution in [2.75, 3.05) is 6.54 Å². The summed E-state index contributed by atoms with van der Waals surface area (Å²) in [6.45, 7) is 3.37. The van der Waals surface area contributed by atoms with Gasteiger partial charge in [0.15, 0.2) is 0 Å². The largest absolute Gasteiger partial charge is 0.330 e. The van der Waals surface area contributed by atoms with E-state index in [0.29, 0.717) is 6.54 Å². The van der Waals surface area contributed by atoms with Crippen LogP contribution in [0.5, 0.6) is 0 Å². The van der Waals surface area contributed by atoms with Gasteiger partial charge in [-0.25, -0.2) is 9.37 Å². The van der Waals surface area contributed by atoms with Crippen LogP contribution in [0.25, 0.3) is 11.0 Å². The SMILES string of the molecule is CCn1c(CCN)nc2ccc(F)cc21. The summed E-state index contributed by atoms with van der Waals surface area (Å²) in [6, 6.07) is 4.66. The Labute approximate surface area is 87.7 Å². The number of halogens is 1. The second-order valence-corrected chi connectivity index (χ2v) is 3.44. The minimum absolute atomic E-state index is 0.226. The Bertz CT molecular complexity index is 476. The van der Waals surface area contributed by atoms with Crippen LogP contribution >= 0.6 is 0 Å². The van der Waals surface area contributed by atoms with Crippen LogP contribution in [-0.2, 0) is 13.0 Å². The molecule has 0 radical (unpaired) electrons. The molecule has 0 saturated carbocycles. The van der Waals surface area contributed by atoms with Crippen molar-refractivity contribution in [1.29, 1.82) is 0 Å². The molecule has 1 aromatic carbocycles. The third-order valence-corrected chi connectivity index (χ3v) is 2.47. The van der Waals surface area contributed by atoms with Crippen molar-refractivity contribution in [2.24, 2.45) is 5.73 Å². The Morgan fingerprint density at radius 1 is 1.47 bits per heavy atom. The van der Waals surface area contributed by atoms with Crippen LogP contribution in [0.4, 0.5) is 4.39 Å². The average Bonchev–Trinajstić information content (AvgIpc) is 2.55. The third kappa shape index (κ3) is 1.72. The quantitative estimate of drug-likeness (QED) is 0.832. The Morgan fingerprint density at radius 2 is 2.27 bits per heavy atom. The van der Waals surface area contributed by atoms with Crippen LogP contribution in [0.2, 0.25) is 0 Å². The maximum atomic E-state index is 13.1. The minimum Gasteiger partial charge on any atom is -0.330 e. The number of benzene rings is 1. The van der Waals surface area contributed by atoms with E-state index in [2.05, 4.69) is 4.98 Å². The zero-order chi connectivity index (χ0) is 10.8. The number of hydrogen-bond acceptors (Lipinski definition) is 2. The zero-order valence-corrected chi connectivity index (χ0v) is 8.70. The maximum Gasteiger partial charge on any atom is 0.125 e. The number of imidazole rings is 1. The van der Waals surface area contributed by atoms with Crippen LogP contribution in [-0.4, -0.2) is 16.1 Å². The maximum absolute atomic E-state index is 13.1. The van der Waals surface area contributed by atoms with E-state index in [1.807, 2.05) is 11.5 Å². The molecule has 0 unspecified atom stereocenters. The van der Waals surface area contributed by atoms with Gasteiger partial charge in [-0.1, -0.05) is 0 Å². The highest BCUT2D eigenvalue weighted by molar-refractivity contribution is 5.76. The lowest BCUT2D eigenvalue weighted by Crippen LogP contribution is -2.09. The monoisotopic (exact) mass is 207 g/mol. The predicted octanol–water partition coefficient (Wildman–Crippen LogP) is 1.70. The first-order chi connectivity index (χ1) is 7.26. The molecule has 80 valence electrons. The molecule has 1 aromatic heterocycles. The normalized spacial score (nSPS) is 11.1. The highest BCUT2D eigenvalue weighted by Crippen LogP contribution is 2.17. The first-order valence-electron chi connectivity index (χ1n) is 5.11. The van der Waals surface area contributed by atoms with Crippen molar-refractivity contribution in [1.82, 2.24) is 9.55 Å². The molecule has 0 aliphatic rings. The Morgan fingerprint density at radius 3 is 2.93 bits per heavy atom. The molecule has 15 heavy (non-hydrogen) atoms.